The number of rotatable bonds is 8. The van der Waals surface area contributed by atoms with Crippen LogP contribution < -0.4 is 5.32 Å². The van der Waals surface area contributed by atoms with Gasteiger partial charge in [-0.1, -0.05) is 13.8 Å². The lowest BCUT2D eigenvalue weighted by atomic mass is 10.2. The number of ether oxygens (including phenoxy) is 1. The Morgan fingerprint density at radius 1 is 1.56 bits per heavy atom. The topological polar surface area (TPSA) is 61.8 Å². The van der Waals surface area contributed by atoms with Crippen LogP contribution in [0.15, 0.2) is 0 Å². The number of hydrogen-bond donors (Lipinski definition) is 2. The van der Waals surface area contributed by atoms with Gasteiger partial charge in [0.1, 0.15) is 0 Å². The minimum atomic E-state index is -0.728. The summed E-state index contributed by atoms with van der Waals surface area (Å²) in [4.78, 5) is 12.8. The molecule has 0 spiro atoms. The molecule has 5 heteroatoms. The molecule has 0 saturated carbocycles. The summed E-state index contributed by atoms with van der Waals surface area (Å²) in [7, 11) is 0. The van der Waals surface area contributed by atoms with Gasteiger partial charge in [0.05, 0.1) is 12.7 Å². The molecule has 0 aromatic carbocycles. The van der Waals surface area contributed by atoms with Gasteiger partial charge >= 0.3 is 5.97 Å². The third-order valence-electron chi connectivity index (χ3n) is 2.96. The zero-order chi connectivity index (χ0) is 13.4. The van der Waals surface area contributed by atoms with Crippen LogP contribution in [-0.2, 0) is 9.53 Å². The Balaban J connectivity index is 2.08. The lowest BCUT2D eigenvalue weighted by Crippen LogP contribution is -2.47. The van der Waals surface area contributed by atoms with Crippen molar-refractivity contribution in [3.05, 3.63) is 0 Å². The lowest BCUT2D eigenvalue weighted by Gasteiger charge is -2.34. The van der Waals surface area contributed by atoms with Crippen molar-refractivity contribution in [2.75, 3.05) is 39.3 Å². The second-order valence-corrected chi connectivity index (χ2v) is 5.35. The molecule has 0 amide bonds. The largest absolute Gasteiger partial charge is 0.481 e. The molecule has 1 heterocycles. The van der Waals surface area contributed by atoms with E-state index >= 15 is 0 Å². The normalized spacial score (nSPS) is 21.4. The van der Waals surface area contributed by atoms with Gasteiger partial charge in [-0.05, 0) is 18.9 Å². The number of carboxylic acid groups (broad SMARTS) is 1. The standard InChI is InChI=1S/C13H26N2O3/c1-11(2)9-15-6-7-18-12(10-15)8-14-5-3-4-13(16)17/h11-12,14H,3-10H2,1-2H3,(H,16,17). The summed E-state index contributed by atoms with van der Waals surface area (Å²) >= 11 is 0. The summed E-state index contributed by atoms with van der Waals surface area (Å²) in [6.45, 7) is 9.94. The number of nitrogens with zero attached hydrogens (tertiary/aromatic N) is 1. The molecule has 1 saturated heterocycles. The smallest absolute Gasteiger partial charge is 0.303 e. The average Bonchev–Trinajstić information content (AvgIpc) is 2.27. The first-order chi connectivity index (χ1) is 8.58. The van der Waals surface area contributed by atoms with E-state index in [4.69, 9.17) is 9.84 Å². The molecule has 1 aliphatic heterocycles. The molecular weight excluding hydrogens is 232 g/mol. The van der Waals surface area contributed by atoms with Crippen molar-refractivity contribution >= 4 is 5.97 Å². The van der Waals surface area contributed by atoms with Crippen molar-refractivity contribution in [2.45, 2.75) is 32.8 Å². The van der Waals surface area contributed by atoms with Gasteiger partial charge in [0.15, 0.2) is 0 Å². The van der Waals surface area contributed by atoms with E-state index in [1.54, 1.807) is 0 Å². The van der Waals surface area contributed by atoms with Gasteiger partial charge in [-0.15, -0.1) is 0 Å². The van der Waals surface area contributed by atoms with Crippen molar-refractivity contribution < 1.29 is 14.6 Å². The molecule has 1 unspecified atom stereocenters. The highest BCUT2D eigenvalue weighted by Gasteiger charge is 2.20. The van der Waals surface area contributed by atoms with E-state index < -0.39 is 5.97 Å². The maximum atomic E-state index is 10.4. The second-order valence-electron chi connectivity index (χ2n) is 5.35. The van der Waals surface area contributed by atoms with E-state index in [-0.39, 0.29) is 12.5 Å². The molecule has 2 N–H and O–H groups in total. The molecular formula is C13H26N2O3. The van der Waals surface area contributed by atoms with Crippen molar-refractivity contribution in [3.8, 4) is 0 Å². The molecule has 1 aliphatic rings. The second kappa shape index (κ2) is 8.45. The molecule has 0 aromatic heterocycles. The van der Waals surface area contributed by atoms with Crippen LogP contribution in [0.1, 0.15) is 26.7 Å². The van der Waals surface area contributed by atoms with Gasteiger partial charge in [0.25, 0.3) is 0 Å². The molecule has 0 radical (unpaired) electrons. The molecule has 1 atom stereocenters. The molecule has 0 aliphatic carbocycles. The van der Waals surface area contributed by atoms with Gasteiger partial charge < -0.3 is 15.2 Å². The number of aliphatic carboxylic acids is 1. The Hall–Kier alpha value is -0.650. The van der Waals surface area contributed by atoms with Crippen LogP contribution >= 0.6 is 0 Å². The molecule has 1 rings (SSSR count). The summed E-state index contributed by atoms with van der Waals surface area (Å²) in [6, 6.07) is 0. The van der Waals surface area contributed by atoms with Crippen LogP contribution in [0.5, 0.6) is 0 Å². The highest BCUT2D eigenvalue weighted by Crippen LogP contribution is 2.07. The van der Waals surface area contributed by atoms with E-state index in [1.165, 1.54) is 0 Å². The molecule has 5 nitrogen and oxygen atoms in total. The van der Waals surface area contributed by atoms with Crippen molar-refractivity contribution in [1.82, 2.24) is 10.2 Å². The zero-order valence-electron chi connectivity index (χ0n) is 11.5. The summed E-state index contributed by atoms with van der Waals surface area (Å²) in [5.74, 6) is -0.0406. The van der Waals surface area contributed by atoms with Crippen LogP contribution in [-0.4, -0.2) is 61.4 Å². The first-order valence-electron chi connectivity index (χ1n) is 6.84. The van der Waals surface area contributed by atoms with Crippen LogP contribution in [0.25, 0.3) is 0 Å². The van der Waals surface area contributed by atoms with Crippen LogP contribution in [0.2, 0.25) is 0 Å². The minimum absolute atomic E-state index is 0.234. The van der Waals surface area contributed by atoms with E-state index in [0.29, 0.717) is 12.3 Å². The molecule has 106 valence electrons. The van der Waals surface area contributed by atoms with E-state index in [2.05, 4.69) is 24.1 Å². The first kappa shape index (κ1) is 15.4. The monoisotopic (exact) mass is 258 g/mol. The van der Waals surface area contributed by atoms with Crippen LogP contribution in [0.3, 0.4) is 0 Å². The predicted octanol–water partition coefficient (Wildman–Crippen LogP) is 0.798. The number of hydrogen-bond acceptors (Lipinski definition) is 4. The van der Waals surface area contributed by atoms with Gasteiger partial charge in [-0.2, -0.15) is 0 Å². The summed E-state index contributed by atoms with van der Waals surface area (Å²) in [5, 5.41) is 11.8. The Morgan fingerprint density at radius 3 is 3.00 bits per heavy atom. The summed E-state index contributed by atoms with van der Waals surface area (Å²) < 4.78 is 5.70. The maximum absolute atomic E-state index is 10.4. The van der Waals surface area contributed by atoms with Gasteiger partial charge in [0, 0.05) is 32.6 Å². The third kappa shape index (κ3) is 6.93. The van der Waals surface area contributed by atoms with Gasteiger partial charge in [-0.25, -0.2) is 0 Å². The van der Waals surface area contributed by atoms with Gasteiger partial charge in [0.2, 0.25) is 0 Å². The Morgan fingerprint density at radius 2 is 2.33 bits per heavy atom. The summed E-state index contributed by atoms with van der Waals surface area (Å²) in [5.41, 5.74) is 0. The van der Waals surface area contributed by atoms with E-state index in [1.807, 2.05) is 0 Å². The number of carboxylic acids is 1. The fraction of sp³-hybridized carbons (Fsp3) is 0.923. The maximum Gasteiger partial charge on any atom is 0.303 e. The minimum Gasteiger partial charge on any atom is -0.481 e. The molecule has 18 heavy (non-hydrogen) atoms. The number of morpholine rings is 1. The van der Waals surface area contributed by atoms with E-state index in [0.717, 1.165) is 39.3 Å². The van der Waals surface area contributed by atoms with Crippen molar-refractivity contribution in [1.29, 1.82) is 0 Å². The average molecular weight is 258 g/mol. The fourth-order valence-electron chi connectivity index (χ4n) is 2.21. The lowest BCUT2D eigenvalue weighted by molar-refractivity contribution is -0.137. The van der Waals surface area contributed by atoms with Crippen LogP contribution in [0.4, 0.5) is 0 Å². The highest BCUT2D eigenvalue weighted by atomic mass is 16.5. The third-order valence-corrected chi connectivity index (χ3v) is 2.96. The summed E-state index contributed by atoms with van der Waals surface area (Å²) in [6.07, 6.45) is 1.15. The molecule has 1 fully saturated rings. The van der Waals surface area contributed by atoms with Gasteiger partial charge in [-0.3, -0.25) is 9.69 Å². The molecule has 0 aromatic rings. The number of carbonyl (C=O) groups is 1. The fourth-order valence-corrected chi connectivity index (χ4v) is 2.21. The van der Waals surface area contributed by atoms with Crippen molar-refractivity contribution in [3.63, 3.8) is 0 Å². The first-order valence-corrected chi connectivity index (χ1v) is 6.84. The quantitative estimate of drug-likeness (QED) is 0.631. The highest BCUT2D eigenvalue weighted by molar-refractivity contribution is 5.66. The van der Waals surface area contributed by atoms with Crippen molar-refractivity contribution in [2.24, 2.45) is 5.92 Å². The SMILES string of the molecule is CC(C)CN1CCOC(CNCCCC(=O)O)C1. The molecule has 0 bridgehead atoms. The predicted molar refractivity (Wildman–Crippen MR) is 70.8 cm³/mol. The Labute approximate surface area is 109 Å². The Kier molecular flexibility index (Phi) is 7.23. The number of nitrogens with one attached hydrogen (secondary N) is 1. The van der Waals surface area contributed by atoms with Crippen LogP contribution in [0, 0.1) is 5.92 Å². The zero-order valence-corrected chi connectivity index (χ0v) is 11.5. The van der Waals surface area contributed by atoms with E-state index in [9.17, 15) is 4.79 Å². The Bertz CT molecular complexity index is 246.